The summed E-state index contributed by atoms with van der Waals surface area (Å²) in [4.78, 5) is 0. The van der Waals surface area contributed by atoms with E-state index in [9.17, 15) is 0 Å². The largest absolute Gasteiger partial charge is 0.493 e. The third-order valence-electron chi connectivity index (χ3n) is 4.28. The van der Waals surface area contributed by atoms with Gasteiger partial charge in [0.05, 0.1) is 6.61 Å². The van der Waals surface area contributed by atoms with Crippen LogP contribution in [0.25, 0.3) is 0 Å². The molecule has 0 amide bonds. The van der Waals surface area contributed by atoms with E-state index in [1.165, 1.54) is 36.0 Å². The molecule has 2 N–H and O–H groups in total. The minimum Gasteiger partial charge on any atom is -0.493 e. The van der Waals surface area contributed by atoms with E-state index >= 15 is 0 Å². The van der Waals surface area contributed by atoms with Crippen LogP contribution in [-0.4, -0.2) is 13.2 Å². The Bertz CT molecular complexity index is 594. The third-order valence-corrected chi connectivity index (χ3v) is 4.28. The monoisotopic (exact) mass is 281 g/mol. The summed E-state index contributed by atoms with van der Waals surface area (Å²) in [5, 5.41) is 0. The van der Waals surface area contributed by atoms with Crippen molar-refractivity contribution in [3.8, 4) is 5.75 Å². The van der Waals surface area contributed by atoms with Crippen LogP contribution in [0.1, 0.15) is 35.4 Å². The van der Waals surface area contributed by atoms with Crippen LogP contribution in [-0.2, 0) is 12.8 Å². The maximum absolute atomic E-state index is 6.05. The smallest absolute Gasteiger partial charge is 0.119 e. The predicted molar refractivity (Wildman–Crippen MR) is 86.8 cm³/mol. The summed E-state index contributed by atoms with van der Waals surface area (Å²) in [5.74, 6) is 1.48. The maximum Gasteiger partial charge on any atom is 0.119 e. The van der Waals surface area contributed by atoms with Gasteiger partial charge in [-0.25, -0.2) is 0 Å². The molecule has 1 aliphatic rings. The van der Waals surface area contributed by atoms with Crippen molar-refractivity contribution in [2.75, 3.05) is 13.2 Å². The summed E-state index contributed by atoms with van der Waals surface area (Å²) >= 11 is 0. The first-order valence-electron chi connectivity index (χ1n) is 7.86. The molecule has 0 fully saturated rings. The molecule has 1 unspecified atom stereocenters. The molecule has 2 heteroatoms. The van der Waals surface area contributed by atoms with E-state index in [4.69, 9.17) is 10.5 Å². The molecule has 0 radical (unpaired) electrons. The molecular weight excluding hydrogens is 258 g/mol. The quantitative estimate of drug-likeness (QED) is 0.907. The summed E-state index contributed by atoms with van der Waals surface area (Å²) in [6.07, 6.45) is 4.60. The molecule has 0 bridgehead atoms. The first-order valence-corrected chi connectivity index (χ1v) is 7.86. The van der Waals surface area contributed by atoms with Crippen LogP contribution < -0.4 is 10.5 Å². The van der Waals surface area contributed by atoms with E-state index < -0.39 is 0 Å². The highest BCUT2D eigenvalue weighted by Gasteiger charge is 2.20. The number of rotatable bonds is 5. The van der Waals surface area contributed by atoms with Gasteiger partial charge in [-0.05, 0) is 61.1 Å². The van der Waals surface area contributed by atoms with Crippen molar-refractivity contribution in [3.63, 3.8) is 0 Å². The summed E-state index contributed by atoms with van der Waals surface area (Å²) in [7, 11) is 0. The lowest BCUT2D eigenvalue weighted by atomic mass is 9.83. The number of aryl methyl sites for hydroxylation is 1. The number of hydrogen-bond acceptors (Lipinski definition) is 2. The summed E-state index contributed by atoms with van der Waals surface area (Å²) in [6.45, 7) is 1.45. The Kier molecular flexibility index (Phi) is 4.56. The van der Waals surface area contributed by atoms with E-state index in [-0.39, 0.29) is 0 Å². The average molecular weight is 281 g/mol. The Morgan fingerprint density at radius 3 is 2.90 bits per heavy atom. The second-order valence-corrected chi connectivity index (χ2v) is 5.79. The van der Waals surface area contributed by atoms with Crippen molar-refractivity contribution in [1.29, 1.82) is 0 Å². The zero-order valence-electron chi connectivity index (χ0n) is 12.4. The highest BCUT2D eigenvalue weighted by molar-refractivity contribution is 5.33. The molecular formula is C19H23NO. The molecule has 21 heavy (non-hydrogen) atoms. The van der Waals surface area contributed by atoms with Crippen molar-refractivity contribution in [3.05, 3.63) is 65.2 Å². The maximum atomic E-state index is 6.05. The van der Waals surface area contributed by atoms with Crippen LogP contribution in [0, 0.1) is 0 Å². The molecule has 0 saturated heterocycles. The lowest BCUT2D eigenvalue weighted by molar-refractivity contribution is 0.274. The molecule has 110 valence electrons. The normalized spacial score (nSPS) is 17.3. The van der Waals surface area contributed by atoms with Gasteiger partial charge < -0.3 is 10.5 Å². The Labute approximate surface area is 126 Å². The van der Waals surface area contributed by atoms with Gasteiger partial charge in [0, 0.05) is 5.92 Å². The van der Waals surface area contributed by atoms with Gasteiger partial charge in [0.15, 0.2) is 0 Å². The molecule has 1 aliphatic carbocycles. The number of benzene rings is 2. The predicted octanol–water partition coefficient (Wildman–Crippen LogP) is 3.69. The van der Waals surface area contributed by atoms with Gasteiger partial charge in [-0.2, -0.15) is 0 Å². The Morgan fingerprint density at radius 1 is 1.10 bits per heavy atom. The van der Waals surface area contributed by atoms with Crippen molar-refractivity contribution >= 4 is 0 Å². The molecule has 3 rings (SSSR count). The topological polar surface area (TPSA) is 35.2 Å². The van der Waals surface area contributed by atoms with Crippen molar-refractivity contribution in [1.82, 2.24) is 0 Å². The van der Waals surface area contributed by atoms with Crippen molar-refractivity contribution in [2.45, 2.75) is 31.6 Å². The first-order chi connectivity index (χ1) is 10.4. The Hall–Kier alpha value is -1.80. The van der Waals surface area contributed by atoms with Crippen LogP contribution in [0.5, 0.6) is 5.75 Å². The molecule has 2 aromatic rings. The first kappa shape index (κ1) is 14.2. The lowest BCUT2D eigenvalue weighted by Crippen LogP contribution is -2.16. The number of fused-ring (bicyclic) bond motifs is 1. The van der Waals surface area contributed by atoms with Crippen molar-refractivity contribution < 1.29 is 4.74 Å². The van der Waals surface area contributed by atoms with Gasteiger partial charge in [-0.1, -0.05) is 36.4 Å². The average Bonchev–Trinajstić information content (AvgIpc) is 2.53. The second-order valence-electron chi connectivity index (χ2n) is 5.79. The summed E-state index contributed by atoms with van der Waals surface area (Å²) in [6, 6.07) is 17.1. The highest BCUT2D eigenvalue weighted by atomic mass is 16.5. The number of nitrogens with two attached hydrogens (primary N) is 1. The van der Waals surface area contributed by atoms with Crippen LogP contribution in [0.3, 0.4) is 0 Å². The zero-order chi connectivity index (χ0) is 14.5. The van der Waals surface area contributed by atoms with Gasteiger partial charge in [0.2, 0.25) is 0 Å². The van der Waals surface area contributed by atoms with E-state index in [2.05, 4.69) is 42.5 Å². The molecule has 0 spiro atoms. The van der Waals surface area contributed by atoms with Gasteiger partial charge in [0.1, 0.15) is 5.75 Å². The fraction of sp³-hybridized carbons (Fsp3) is 0.368. The number of hydrogen-bond donors (Lipinski definition) is 1. The molecule has 0 aromatic heterocycles. The van der Waals surface area contributed by atoms with E-state index in [1.807, 2.05) is 6.07 Å². The minimum absolute atomic E-state index is 0.521. The van der Waals surface area contributed by atoms with Crippen LogP contribution in [0.15, 0.2) is 48.5 Å². The molecule has 1 atom stereocenters. The molecule has 0 heterocycles. The molecule has 2 nitrogen and oxygen atoms in total. The zero-order valence-corrected chi connectivity index (χ0v) is 12.4. The van der Waals surface area contributed by atoms with E-state index in [0.29, 0.717) is 12.5 Å². The van der Waals surface area contributed by atoms with Crippen LogP contribution in [0.2, 0.25) is 0 Å². The SMILES string of the molecule is NCCc1cccc(OCC2CCCc3ccccc32)c1. The minimum atomic E-state index is 0.521. The Balaban J connectivity index is 1.67. The summed E-state index contributed by atoms with van der Waals surface area (Å²) in [5.41, 5.74) is 9.83. The standard InChI is InChI=1S/C19H23NO/c20-12-11-15-5-3-9-18(13-15)21-14-17-8-4-7-16-6-1-2-10-19(16)17/h1-3,5-6,9-10,13,17H,4,7-8,11-12,14,20H2. The lowest BCUT2D eigenvalue weighted by Gasteiger charge is -2.25. The summed E-state index contributed by atoms with van der Waals surface area (Å²) < 4.78 is 6.05. The van der Waals surface area contributed by atoms with Gasteiger partial charge >= 0.3 is 0 Å². The van der Waals surface area contributed by atoms with Gasteiger partial charge in [0.25, 0.3) is 0 Å². The van der Waals surface area contributed by atoms with Crippen LogP contribution in [0.4, 0.5) is 0 Å². The third kappa shape index (κ3) is 3.45. The molecule has 2 aromatic carbocycles. The van der Waals surface area contributed by atoms with Gasteiger partial charge in [-0.15, -0.1) is 0 Å². The molecule has 0 saturated carbocycles. The highest BCUT2D eigenvalue weighted by Crippen LogP contribution is 2.32. The van der Waals surface area contributed by atoms with Crippen molar-refractivity contribution in [2.24, 2.45) is 5.73 Å². The number of ether oxygens (including phenoxy) is 1. The Morgan fingerprint density at radius 2 is 2.00 bits per heavy atom. The van der Waals surface area contributed by atoms with Crippen LogP contribution >= 0.6 is 0 Å². The fourth-order valence-electron chi connectivity index (χ4n) is 3.18. The molecule has 0 aliphatic heterocycles. The second kappa shape index (κ2) is 6.77. The van der Waals surface area contributed by atoms with E-state index in [0.717, 1.165) is 18.8 Å². The fourth-order valence-corrected chi connectivity index (χ4v) is 3.18. The van der Waals surface area contributed by atoms with E-state index in [1.54, 1.807) is 0 Å². The van der Waals surface area contributed by atoms with Gasteiger partial charge in [-0.3, -0.25) is 0 Å².